The van der Waals surface area contributed by atoms with Gasteiger partial charge in [0.25, 0.3) is 5.91 Å². The number of aromatic nitrogens is 2. The predicted octanol–water partition coefficient (Wildman–Crippen LogP) is 3.57. The summed E-state index contributed by atoms with van der Waals surface area (Å²) in [5.41, 5.74) is 1.84. The summed E-state index contributed by atoms with van der Waals surface area (Å²) in [6, 6.07) is 16.1. The van der Waals surface area contributed by atoms with E-state index in [-0.39, 0.29) is 18.0 Å². The first kappa shape index (κ1) is 20.7. The van der Waals surface area contributed by atoms with Gasteiger partial charge in [-0.05, 0) is 50.0 Å². The maximum Gasteiger partial charge on any atom is 0.414 e. The molecule has 2 amide bonds. The van der Waals surface area contributed by atoms with Crippen LogP contribution in [0.2, 0.25) is 0 Å². The fourth-order valence-corrected chi connectivity index (χ4v) is 3.70. The lowest BCUT2D eigenvalue weighted by atomic mass is 9.98. The molecule has 1 aliphatic rings. The van der Waals surface area contributed by atoms with Gasteiger partial charge in [-0.3, -0.25) is 4.79 Å². The van der Waals surface area contributed by atoms with Gasteiger partial charge in [0.05, 0.1) is 0 Å². The Labute approximate surface area is 179 Å². The SMILES string of the molecule is O=C(O)N(CCc1ccccc1)C(=O)c1cccc(-c2noc(C3CCNCC3)n2)c1. The third kappa shape index (κ3) is 4.97. The van der Waals surface area contributed by atoms with Gasteiger partial charge in [-0.1, -0.05) is 47.6 Å². The molecule has 1 fully saturated rings. The number of hydrogen-bond acceptors (Lipinski definition) is 6. The second-order valence-corrected chi connectivity index (χ2v) is 7.54. The van der Waals surface area contributed by atoms with Crippen molar-refractivity contribution in [2.75, 3.05) is 19.6 Å². The molecule has 0 unspecified atom stereocenters. The Morgan fingerprint density at radius 2 is 1.87 bits per heavy atom. The predicted molar refractivity (Wildman–Crippen MR) is 114 cm³/mol. The highest BCUT2D eigenvalue weighted by molar-refractivity contribution is 6.03. The molecule has 1 aromatic heterocycles. The number of nitrogens with one attached hydrogen (secondary N) is 1. The van der Waals surface area contributed by atoms with Crippen molar-refractivity contribution in [3.8, 4) is 11.4 Å². The van der Waals surface area contributed by atoms with E-state index in [0.717, 1.165) is 36.4 Å². The standard InChI is InChI=1S/C23H24N4O4/c28-22(27(23(29)30)14-11-16-5-2-1-3-6-16)19-8-4-7-18(15-19)20-25-21(31-26-20)17-9-12-24-13-10-17/h1-8,15,17,24H,9-14H2,(H,29,30). The second-order valence-electron chi connectivity index (χ2n) is 7.54. The Balaban J connectivity index is 1.50. The van der Waals surface area contributed by atoms with Gasteiger partial charge >= 0.3 is 6.09 Å². The second kappa shape index (κ2) is 9.53. The van der Waals surface area contributed by atoms with Crippen LogP contribution in [0.5, 0.6) is 0 Å². The normalized spacial score (nSPS) is 14.3. The van der Waals surface area contributed by atoms with E-state index in [1.807, 2.05) is 30.3 Å². The number of carboxylic acid groups (broad SMARTS) is 1. The highest BCUT2D eigenvalue weighted by Gasteiger charge is 2.24. The molecule has 160 valence electrons. The van der Waals surface area contributed by atoms with E-state index in [2.05, 4.69) is 15.5 Å². The third-order valence-electron chi connectivity index (χ3n) is 5.44. The Kier molecular flexibility index (Phi) is 6.37. The molecule has 0 aliphatic carbocycles. The molecule has 3 aromatic rings. The maximum atomic E-state index is 12.9. The summed E-state index contributed by atoms with van der Waals surface area (Å²) in [5.74, 6) is 0.651. The average Bonchev–Trinajstić information content (AvgIpc) is 3.31. The van der Waals surface area contributed by atoms with E-state index in [1.54, 1.807) is 24.3 Å². The summed E-state index contributed by atoms with van der Waals surface area (Å²) in [5, 5.41) is 17.0. The number of carbonyl (C=O) groups is 2. The molecule has 8 nitrogen and oxygen atoms in total. The van der Waals surface area contributed by atoms with Crippen molar-refractivity contribution in [1.29, 1.82) is 0 Å². The van der Waals surface area contributed by atoms with Crippen LogP contribution in [-0.2, 0) is 6.42 Å². The molecule has 0 saturated carbocycles. The average molecular weight is 420 g/mol. The van der Waals surface area contributed by atoms with Crippen molar-refractivity contribution >= 4 is 12.0 Å². The first-order valence-electron chi connectivity index (χ1n) is 10.4. The van der Waals surface area contributed by atoms with E-state index in [1.165, 1.54) is 0 Å². The largest absolute Gasteiger partial charge is 0.465 e. The maximum absolute atomic E-state index is 12.9. The van der Waals surface area contributed by atoms with Crippen LogP contribution in [-0.4, -0.2) is 51.8 Å². The van der Waals surface area contributed by atoms with Crippen molar-refractivity contribution in [2.24, 2.45) is 0 Å². The molecule has 4 rings (SSSR count). The van der Waals surface area contributed by atoms with Gasteiger partial charge in [-0.15, -0.1) is 0 Å². The first-order chi connectivity index (χ1) is 15.1. The zero-order valence-electron chi connectivity index (χ0n) is 17.0. The van der Waals surface area contributed by atoms with Crippen LogP contribution in [0.4, 0.5) is 4.79 Å². The molecular formula is C23H24N4O4. The minimum absolute atomic E-state index is 0.0739. The fourth-order valence-electron chi connectivity index (χ4n) is 3.70. The van der Waals surface area contributed by atoms with Crippen molar-refractivity contribution in [2.45, 2.75) is 25.2 Å². The fraction of sp³-hybridized carbons (Fsp3) is 0.304. The molecule has 0 spiro atoms. The van der Waals surface area contributed by atoms with Crippen molar-refractivity contribution < 1.29 is 19.2 Å². The molecule has 31 heavy (non-hydrogen) atoms. The van der Waals surface area contributed by atoms with Crippen LogP contribution >= 0.6 is 0 Å². The Hall–Kier alpha value is -3.52. The van der Waals surface area contributed by atoms with Crippen LogP contribution in [0.1, 0.15) is 40.6 Å². The highest BCUT2D eigenvalue weighted by atomic mass is 16.5. The van der Waals surface area contributed by atoms with Gasteiger partial charge in [0.2, 0.25) is 11.7 Å². The highest BCUT2D eigenvalue weighted by Crippen LogP contribution is 2.26. The molecule has 2 heterocycles. The first-order valence-corrected chi connectivity index (χ1v) is 10.4. The van der Waals surface area contributed by atoms with Crippen molar-refractivity contribution in [3.05, 3.63) is 71.6 Å². The summed E-state index contributed by atoms with van der Waals surface area (Å²) in [4.78, 5) is 30.0. The monoisotopic (exact) mass is 420 g/mol. The number of hydrogen-bond donors (Lipinski definition) is 2. The molecule has 2 aromatic carbocycles. The van der Waals surface area contributed by atoms with Crippen molar-refractivity contribution in [3.63, 3.8) is 0 Å². The zero-order chi connectivity index (χ0) is 21.6. The molecule has 0 atom stereocenters. The van der Waals surface area contributed by atoms with Gasteiger partial charge in [0, 0.05) is 23.6 Å². The van der Waals surface area contributed by atoms with Crippen LogP contribution < -0.4 is 5.32 Å². The number of amides is 2. The van der Waals surface area contributed by atoms with Gasteiger partial charge in [-0.25, -0.2) is 9.69 Å². The lowest BCUT2D eigenvalue weighted by Gasteiger charge is -2.18. The lowest BCUT2D eigenvalue weighted by Crippen LogP contribution is -2.37. The van der Waals surface area contributed by atoms with E-state index in [9.17, 15) is 14.7 Å². The molecule has 1 saturated heterocycles. The van der Waals surface area contributed by atoms with Gasteiger partial charge in [-0.2, -0.15) is 4.98 Å². The zero-order valence-corrected chi connectivity index (χ0v) is 17.0. The minimum atomic E-state index is -1.28. The van der Waals surface area contributed by atoms with E-state index in [4.69, 9.17) is 4.52 Å². The van der Waals surface area contributed by atoms with Gasteiger partial charge in [0.1, 0.15) is 0 Å². The van der Waals surface area contributed by atoms with Crippen LogP contribution in [0, 0.1) is 0 Å². The number of piperidine rings is 1. The minimum Gasteiger partial charge on any atom is -0.465 e. The molecule has 0 radical (unpaired) electrons. The van der Waals surface area contributed by atoms with E-state index < -0.39 is 12.0 Å². The summed E-state index contributed by atoms with van der Waals surface area (Å²) in [7, 11) is 0. The quantitative estimate of drug-likeness (QED) is 0.627. The summed E-state index contributed by atoms with van der Waals surface area (Å²) >= 11 is 0. The van der Waals surface area contributed by atoms with Crippen LogP contribution in [0.25, 0.3) is 11.4 Å². The number of rotatable bonds is 6. The van der Waals surface area contributed by atoms with Gasteiger partial charge in [0.15, 0.2) is 0 Å². The summed E-state index contributed by atoms with van der Waals surface area (Å²) in [6.45, 7) is 1.91. The summed E-state index contributed by atoms with van der Waals surface area (Å²) < 4.78 is 5.45. The molecule has 2 N–H and O–H groups in total. The molecule has 1 aliphatic heterocycles. The Morgan fingerprint density at radius 1 is 1.10 bits per heavy atom. The van der Waals surface area contributed by atoms with E-state index in [0.29, 0.717) is 23.7 Å². The lowest BCUT2D eigenvalue weighted by molar-refractivity contribution is 0.0744. The van der Waals surface area contributed by atoms with E-state index >= 15 is 0 Å². The Bertz CT molecular complexity index is 1040. The van der Waals surface area contributed by atoms with Crippen LogP contribution in [0.15, 0.2) is 59.1 Å². The Morgan fingerprint density at radius 3 is 2.61 bits per heavy atom. The molecule has 0 bridgehead atoms. The third-order valence-corrected chi connectivity index (χ3v) is 5.44. The molecule has 8 heteroatoms. The van der Waals surface area contributed by atoms with Crippen molar-refractivity contribution in [1.82, 2.24) is 20.4 Å². The number of carbonyl (C=O) groups excluding carboxylic acids is 1. The molecular weight excluding hydrogens is 396 g/mol. The summed E-state index contributed by atoms with van der Waals surface area (Å²) in [6.07, 6.45) is 1.05. The number of imide groups is 1. The number of benzene rings is 2. The van der Waals surface area contributed by atoms with Gasteiger partial charge < -0.3 is 14.9 Å². The topological polar surface area (TPSA) is 109 Å². The van der Waals surface area contributed by atoms with Crippen LogP contribution in [0.3, 0.4) is 0 Å². The number of nitrogens with zero attached hydrogens (tertiary/aromatic N) is 3. The smallest absolute Gasteiger partial charge is 0.414 e.